The summed E-state index contributed by atoms with van der Waals surface area (Å²) in [5, 5.41) is 12.3. The Morgan fingerprint density at radius 2 is 2.15 bits per heavy atom. The number of aromatic nitrogens is 3. The van der Waals surface area contributed by atoms with Gasteiger partial charge in [-0.2, -0.15) is 0 Å². The highest BCUT2D eigenvalue weighted by Gasteiger charge is 2.16. The number of furan rings is 1. The average Bonchev–Trinajstić information content (AvgIpc) is 3.39. The predicted octanol–water partition coefficient (Wildman–Crippen LogP) is 3.78. The Bertz CT molecular complexity index is 1020. The summed E-state index contributed by atoms with van der Waals surface area (Å²) in [6.07, 6.45) is 3.42. The lowest BCUT2D eigenvalue weighted by atomic mass is 10.2. The standard InChI is InChI=1S/C18H16N4O3S/c1-11(15-7-4-8-24-15)20-16(23)10-26-18-22-21-17(25-18)13-9-19-14-6-3-2-5-12(13)14/h2-9,11,19H,10H2,1H3,(H,20,23). The number of para-hydroxylation sites is 1. The monoisotopic (exact) mass is 368 g/mol. The van der Waals surface area contributed by atoms with Crippen molar-refractivity contribution in [2.75, 3.05) is 5.75 Å². The first-order valence-electron chi connectivity index (χ1n) is 8.06. The van der Waals surface area contributed by atoms with Crippen LogP contribution in [0.2, 0.25) is 0 Å². The van der Waals surface area contributed by atoms with Gasteiger partial charge in [0.25, 0.3) is 11.1 Å². The molecule has 3 aromatic heterocycles. The summed E-state index contributed by atoms with van der Waals surface area (Å²) in [7, 11) is 0. The quantitative estimate of drug-likeness (QED) is 0.503. The van der Waals surface area contributed by atoms with Crippen LogP contribution in [0.4, 0.5) is 0 Å². The van der Waals surface area contributed by atoms with Gasteiger partial charge < -0.3 is 19.1 Å². The lowest BCUT2D eigenvalue weighted by molar-refractivity contribution is -0.119. The van der Waals surface area contributed by atoms with Gasteiger partial charge in [0.1, 0.15) is 5.76 Å². The van der Waals surface area contributed by atoms with Crippen LogP contribution in [0.3, 0.4) is 0 Å². The molecule has 0 saturated heterocycles. The number of hydrogen-bond acceptors (Lipinski definition) is 6. The van der Waals surface area contributed by atoms with E-state index in [1.54, 1.807) is 12.3 Å². The molecule has 1 unspecified atom stereocenters. The molecule has 2 N–H and O–H groups in total. The van der Waals surface area contributed by atoms with Gasteiger partial charge >= 0.3 is 0 Å². The molecule has 3 heterocycles. The number of nitrogens with one attached hydrogen (secondary N) is 2. The minimum atomic E-state index is -0.192. The van der Waals surface area contributed by atoms with Crippen LogP contribution in [0.15, 0.2) is 62.9 Å². The fourth-order valence-electron chi connectivity index (χ4n) is 2.64. The number of fused-ring (bicyclic) bond motifs is 1. The molecule has 4 rings (SSSR count). The van der Waals surface area contributed by atoms with E-state index in [9.17, 15) is 4.79 Å². The minimum absolute atomic E-state index is 0.134. The van der Waals surface area contributed by atoms with E-state index < -0.39 is 0 Å². The maximum atomic E-state index is 12.1. The van der Waals surface area contributed by atoms with Crippen LogP contribution < -0.4 is 5.32 Å². The highest BCUT2D eigenvalue weighted by molar-refractivity contribution is 7.99. The normalized spacial score (nSPS) is 12.3. The zero-order chi connectivity index (χ0) is 17.9. The molecule has 1 amide bonds. The molecular weight excluding hydrogens is 352 g/mol. The van der Waals surface area contributed by atoms with E-state index in [4.69, 9.17) is 8.83 Å². The van der Waals surface area contributed by atoms with Crippen LogP contribution >= 0.6 is 11.8 Å². The molecule has 0 saturated carbocycles. The second kappa shape index (κ2) is 7.09. The van der Waals surface area contributed by atoms with Crippen molar-refractivity contribution < 1.29 is 13.6 Å². The summed E-state index contributed by atoms with van der Waals surface area (Å²) in [6, 6.07) is 11.3. The van der Waals surface area contributed by atoms with Crippen molar-refractivity contribution >= 4 is 28.6 Å². The van der Waals surface area contributed by atoms with Crippen molar-refractivity contribution in [2.45, 2.75) is 18.2 Å². The third-order valence-electron chi connectivity index (χ3n) is 3.90. The van der Waals surface area contributed by atoms with Crippen LogP contribution in [-0.4, -0.2) is 26.8 Å². The van der Waals surface area contributed by atoms with E-state index in [0.717, 1.165) is 16.5 Å². The number of carbonyl (C=O) groups excluding carboxylic acids is 1. The lowest BCUT2D eigenvalue weighted by Crippen LogP contribution is -2.27. The molecule has 0 radical (unpaired) electrons. The van der Waals surface area contributed by atoms with Gasteiger partial charge in [-0.15, -0.1) is 10.2 Å². The zero-order valence-electron chi connectivity index (χ0n) is 13.9. The first-order chi connectivity index (χ1) is 12.7. The fraction of sp³-hybridized carbons (Fsp3) is 0.167. The molecule has 132 valence electrons. The van der Waals surface area contributed by atoms with Gasteiger partial charge in [-0.3, -0.25) is 4.79 Å². The Morgan fingerprint density at radius 1 is 1.27 bits per heavy atom. The largest absolute Gasteiger partial charge is 0.467 e. The van der Waals surface area contributed by atoms with Crippen LogP contribution in [0.1, 0.15) is 18.7 Å². The summed E-state index contributed by atoms with van der Waals surface area (Å²) in [5.74, 6) is 1.18. The lowest BCUT2D eigenvalue weighted by Gasteiger charge is -2.10. The average molecular weight is 368 g/mol. The highest BCUT2D eigenvalue weighted by Crippen LogP contribution is 2.29. The van der Waals surface area contributed by atoms with Gasteiger partial charge in [0.05, 0.1) is 23.6 Å². The summed E-state index contributed by atoms with van der Waals surface area (Å²) in [5.41, 5.74) is 1.84. The summed E-state index contributed by atoms with van der Waals surface area (Å²) >= 11 is 1.20. The van der Waals surface area contributed by atoms with Crippen molar-refractivity contribution in [3.05, 3.63) is 54.6 Å². The fourth-order valence-corrected chi connectivity index (χ4v) is 3.22. The van der Waals surface area contributed by atoms with E-state index in [1.807, 2.05) is 43.5 Å². The molecule has 7 nitrogen and oxygen atoms in total. The summed E-state index contributed by atoms with van der Waals surface area (Å²) in [6.45, 7) is 1.86. The number of aromatic amines is 1. The predicted molar refractivity (Wildman–Crippen MR) is 97.6 cm³/mol. The maximum absolute atomic E-state index is 12.1. The summed E-state index contributed by atoms with van der Waals surface area (Å²) < 4.78 is 11.0. The molecule has 0 bridgehead atoms. The van der Waals surface area contributed by atoms with Crippen LogP contribution in [0, 0.1) is 0 Å². The number of amides is 1. The second-order valence-corrected chi connectivity index (χ2v) is 6.64. The Kier molecular flexibility index (Phi) is 4.49. The number of hydrogen-bond donors (Lipinski definition) is 2. The molecule has 1 atom stereocenters. The third kappa shape index (κ3) is 3.36. The van der Waals surface area contributed by atoms with Crippen molar-refractivity contribution in [1.82, 2.24) is 20.5 Å². The van der Waals surface area contributed by atoms with Crippen LogP contribution in [0.25, 0.3) is 22.4 Å². The number of thioether (sulfide) groups is 1. The molecule has 0 aliphatic carbocycles. The van der Waals surface area contributed by atoms with Crippen LogP contribution in [0.5, 0.6) is 0 Å². The topological polar surface area (TPSA) is 97.0 Å². The Hall–Kier alpha value is -3.00. The van der Waals surface area contributed by atoms with Crippen molar-refractivity contribution in [2.24, 2.45) is 0 Å². The van der Waals surface area contributed by atoms with Crippen molar-refractivity contribution in [3.8, 4) is 11.5 Å². The molecule has 4 aromatic rings. The van der Waals surface area contributed by atoms with Gasteiger partial charge in [0.2, 0.25) is 5.91 Å². The molecule has 0 spiro atoms. The number of benzene rings is 1. The number of rotatable bonds is 6. The summed E-state index contributed by atoms with van der Waals surface area (Å²) in [4.78, 5) is 15.2. The van der Waals surface area contributed by atoms with E-state index in [0.29, 0.717) is 16.9 Å². The Morgan fingerprint density at radius 3 is 3.00 bits per heavy atom. The molecule has 0 aliphatic rings. The zero-order valence-corrected chi connectivity index (χ0v) is 14.7. The number of H-pyrrole nitrogens is 1. The van der Waals surface area contributed by atoms with E-state index in [2.05, 4.69) is 20.5 Å². The second-order valence-electron chi connectivity index (χ2n) is 5.71. The SMILES string of the molecule is CC(NC(=O)CSc1nnc(-c2c[nH]c3ccccc23)o1)c1ccco1. The third-order valence-corrected chi connectivity index (χ3v) is 4.72. The molecule has 0 fully saturated rings. The first-order valence-corrected chi connectivity index (χ1v) is 9.05. The molecule has 26 heavy (non-hydrogen) atoms. The molecule has 0 aliphatic heterocycles. The number of carbonyl (C=O) groups is 1. The first kappa shape index (κ1) is 16.5. The molecule has 1 aromatic carbocycles. The van der Waals surface area contributed by atoms with E-state index >= 15 is 0 Å². The minimum Gasteiger partial charge on any atom is -0.467 e. The number of nitrogens with zero attached hydrogens (tertiary/aromatic N) is 2. The Labute approximate surface area is 153 Å². The smallest absolute Gasteiger partial charge is 0.277 e. The Balaban J connectivity index is 1.39. The van der Waals surface area contributed by atoms with E-state index in [-0.39, 0.29) is 17.7 Å². The molecular formula is C18H16N4O3S. The highest BCUT2D eigenvalue weighted by atomic mass is 32.2. The van der Waals surface area contributed by atoms with Gasteiger partial charge in [0.15, 0.2) is 0 Å². The maximum Gasteiger partial charge on any atom is 0.277 e. The van der Waals surface area contributed by atoms with Gasteiger partial charge in [0, 0.05) is 17.1 Å². The molecule has 8 heteroatoms. The van der Waals surface area contributed by atoms with Crippen LogP contribution in [-0.2, 0) is 4.79 Å². The van der Waals surface area contributed by atoms with Gasteiger partial charge in [-0.25, -0.2) is 0 Å². The van der Waals surface area contributed by atoms with E-state index in [1.165, 1.54) is 11.8 Å². The van der Waals surface area contributed by atoms with Crippen molar-refractivity contribution in [3.63, 3.8) is 0 Å². The van der Waals surface area contributed by atoms with Gasteiger partial charge in [-0.1, -0.05) is 30.0 Å². The van der Waals surface area contributed by atoms with Gasteiger partial charge in [-0.05, 0) is 25.1 Å². The van der Waals surface area contributed by atoms with Crippen molar-refractivity contribution in [1.29, 1.82) is 0 Å².